The largest absolute Gasteiger partial charge is 0.494 e. The SMILES string of the molecule is CCOc1ccc(/C(C)=N\NC(=O)c2ccc(CN3CCOCC3)cc2)cc1. The molecule has 3 rings (SSSR count). The van der Waals surface area contributed by atoms with Crippen LogP contribution in [0, 0.1) is 0 Å². The number of hydrazone groups is 1. The number of hydrogen-bond donors (Lipinski definition) is 1. The number of hydrogen-bond acceptors (Lipinski definition) is 5. The molecule has 0 radical (unpaired) electrons. The molecule has 148 valence electrons. The van der Waals surface area contributed by atoms with Crippen molar-refractivity contribution in [3.05, 3.63) is 65.2 Å². The second-order valence-electron chi connectivity index (χ2n) is 6.68. The fourth-order valence-corrected chi connectivity index (χ4v) is 3.00. The monoisotopic (exact) mass is 381 g/mol. The summed E-state index contributed by atoms with van der Waals surface area (Å²) in [4.78, 5) is 14.7. The first-order valence-electron chi connectivity index (χ1n) is 9.62. The second-order valence-corrected chi connectivity index (χ2v) is 6.68. The molecule has 6 heteroatoms. The quantitative estimate of drug-likeness (QED) is 0.591. The minimum absolute atomic E-state index is 0.219. The first-order valence-corrected chi connectivity index (χ1v) is 9.62. The summed E-state index contributed by atoms with van der Waals surface area (Å²) in [5.74, 6) is 0.600. The number of nitrogens with zero attached hydrogens (tertiary/aromatic N) is 2. The first-order chi connectivity index (χ1) is 13.7. The molecule has 0 atom stereocenters. The summed E-state index contributed by atoms with van der Waals surface area (Å²) in [5.41, 5.74) is 6.08. The summed E-state index contributed by atoms with van der Waals surface area (Å²) in [7, 11) is 0. The molecule has 2 aromatic carbocycles. The van der Waals surface area contributed by atoms with Crippen molar-refractivity contribution < 1.29 is 14.3 Å². The third-order valence-corrected chi connectivity index (χ3v) is 4.63. The third kappa shape index (κ3) is 5.65. The van der Waals surface area contributed by atoms with Crippen LogP contribution in [0.15, 0.2) is 53.6 Å². The average molecular weight is 381 g/mol. The molecule has 1 aliphatic rings. The molecule has 1 amide bonds. The maximum Gasteiger partial charge on any atom is 0.271 e. The third-order valence-electron chi connectivity index (χ3n) is 4.63. The summed E-state index contributed by atoms with van der Waals surface area (Å²) in [5, 5.41) is 4.22. The Morgan fingerprint density at radius 2 is 1.71 bits per heavy atom. The molecule has 2 aromatic rings. The Bertz CT molecular complexity index is 795. The summed E-state index contributed by atoms with van der Waals surface area (Å²) < 4.78 is 10.8. The van der Waals surface area contributed by atoms with Gasteiger partial charge in [0.1, 0.15) is 5.75 Å². The molecular formula is C22H27N3O3. The minimum atomic E-state index is -0.219. The average Bonchev–Trinajstić information content (AvgIpc) is 2.74. The van der Waals surface area contributed by atoms with Gasteiger partial charge in [-0.3, -0.25) is 9.69 Å². The van der Waals surface area contributed by atoms with E-state index in [-0.39, 0.29) is 5.91 Å². The van der Waals surface area contributed by atoms with Crippen LogP contribution in [-0.2, 0) is 11.3 Å². The van der Waals surface area contributed by atoms with E-state index in [1.54, 1.807) is 0 Å². The highest BCUT2D eigenvalue weighted by Crippen LogP contribution is 2.13. The number of amides is 1. The van der Waals surface area contributed by atoms with Gasteiger partial charge >= 0.3 is 0 Å². The predicted octanol–water partition coefficient (Wildman–Crippen LogP) is 3.07. The maximum absolute atomic E-state index is 12.4. The van der Waals surface area contributed by atoms with E-state index in [9.17, 15) is 4.79 Å². The van der Waals surface area contributed by atoms with Crippen LogP contribution < -0.4 is 10.2 Å². The number of carbonyl (C=O) groups is 1. The van der Waals surface area contributed by atoms with Crippen molar-refractivity contribution >= 4 is 11.6 Å². The van der Waals surface area contributed by atoms with Gasteiger partial charge < -0.3 is 9.47 Å². The lowest BCUT2D eigenvalue weighted by Gasteiger charge is -2.26. The zero-order chi connectivity index (χ0) is 19.8. The number of nitrogens with one attached hydrogen (secondary N) is 1. The smallest absolute Gasteiger partial charge is 0.271 e. The lowest BCUT2D eigenvalue weighted by Crippen LogP contribution is -2.35. The van der Waals surface area contributed by atoms with E-state index < -0.39 is 0 Å². The van der Waals surface area contributed by atoms with Gasteiger partial charge in [0.05, 0.1) is 25.5 Å². The molecule has 1 aliphatic heterocycles. The molecule has 1 N–H and O–H groups in total. The van der Waals surface area contributed by atoms with Gasteiger partial charge in [0.25, 0.3) is 5.91 Å². The molecule has 6 nitrogen and oxygen atoms in total. The fourth-order valence-electron chi connectivity index (χ4n) is 3.00. The summed E-state index contributed by atoms with van der Waals surface area (Å²) in [6.07, 6.45) is 0. The van der Waals surface area contributed by atoms with E-state index in [2.05, 4.69) is 15.4 Å². The van der Waals surface area contributed by atoms with Gasteiger partial charge in [0.2, 0.25) is 0 Å². The van der Waals surface area contributed by atoms with E-state index >= 15 is 0 Å². The molecule has 1 saturated heterocycles. The van der Waals surface area contributed by atoms with E-state index in [0.29, 0.717) is 12.2 Å². The van der Waals surface area contributed by atoms with E-state index in [1.807, 2.05) is 62.4 Å². The highest BCUT2D eigenvalue weighted by Gasteiger charge is 2.11. The molecule has 0 unspecified atom stereocenters. The van der Waals surface area contributed by atoms with Crippen molar-refractivity contribution in [3.63, 3.8) is 0 Å². The van der Waals surface area contributed by atoms with Crippen LogP contribution in [0.4, 0.5) is 0 Å². The number of rotatable bonds is 7. The van der Waals surface area contributed by atoms with Crippen molar-refractivity contribution in [1.29, 1.82) is 0 Å². The van der Waals surface area contributed by atoms with Crippen LogP contribution in [0.5, 0.6) is 5.75 Å². The second kappa shape index (κ2) is 10.0. The Hall–Kier alpha value is -2.70. The van der Waals surface area contributed by atoms with Crippen LogP contribution in [-0.4, -0.2) is 49.4 Å². The fraction of sp³-hybridized carbons (Fsp3) is 0.364. The molecule has 0 bridgehead atoms. The number of carbonyl (C=O) groups excluding carboxylic acids is 1. The Balaban J connectivity index is 1.55. The molecule has 28 heavy (non-hydrogen) atoms. The van der Waals surface area contributed by atoms with Gasteiger partial charge in [-0.15, -0.1) is 0 Å². The summed E-state index contributed by atoms with van der Waals surface area (Å²) in [6.45, 7) is 8.78. The van der Waals surface area contributed by atoms with Gasteiger partial charge in [0, 0.05) is 25.2 Å². The van der Waals surface area contributed by atoms with Crippen molar-refractivity contribution in [2.75, 3.05) is 32.9 Å². The Morgan fingerprint density at radius 3 is 2.36 bits per heavy atom. The molecule has 1 fully saturated rings. The molecular weight excluding hydrogens is 354 g/mol. The molecule has 0 aromatic heterocycles. The van der Waals surface area contributed by atoms with Crippen LogP contribution in [0.3, 0.4) is 0 Å². The standard InChI is InChI=1S/C22H27N3O3/c1-3-28-21-10-8-19(9-11-21)17(2)23-24-22(26)20-6-4-18(5-7-20)16-25-12-14-27-15-13-25/h4-11H,3,12-16H2,1-2H3,(H,24,26)/b23-17-. The van der Waals surface area contributed by atoms with E-state index in [1.165, 1.54) is 5.56 Å². The topological polar surface area (TPSA) is 63.2 Å². The Labute approximate surface area is 166 Å². The van der Waals surface area contributed by atoms with Crippen LogP contribution in [0.25, 0.3) is 0 Å². The maximum atomic E-state index is 12.4. The van der Waals surface area contributed by atoms with Gasteiger partial charge in [-0.25, -0.2) is 5.43 Å². The van der Waals surface area contributed by atoms with Crippen molar-refractivity contribution in [2.45, 2.75) is 20.4 Å². The van der Waals surface area contributed by atoms with Gasteiger partial charge in [-0.05, 0) is 61.4 Å². The van der Waals surface area contributed by atoms with Crippen LogP contribution >= 0.6 is 0 Å². The summed E-state index contributed by atoms with van der Waals surface area (Å²) in [6, 6.07) is 15.3. The van der Waals surface area contributed by atoms with E-state index in [0.717, 1.165) is 49.9 Å². The van der Waals surface area contributed by atoms with Crippen LogP contribution in [0.1, 0.15) is 35.3 Å². The number of benzene rings is 2. The van der Waals surface area contributed by atoms with Crippen molar-refractivity contribution in [1.82, 2.24) is 10.3 Å². The summed E-state index contributed by atoms with van der Waals surface area (Å²) >= 11 is 0. The van der Waals surface area contributed by atoms with E-state index in [4.69, 9.17) is 9.47 Å². The highest BCUT2D eigenvalue weighted by molar-refractivity contribution is 6.00. The molecule has 0 aliphatic carbocycles. The predicted molar refractivity (Wildman–Crippen MR) is 110 cm³/mol. The molecule has 0 spiro atoms. The van der Waals surface area contributed by atoms with Gasteiger partial charge in [0.15, 0.2) is 0 Å². The Morgan fingerprint density at radius 1 is 1.07 bits per heavy atom. The molecule has 1 heterocycles. The Kier molecular flexibility index (Phi) is 7.17. The molecule has 0 saturated carbocycles. The lowest BCUT2D eigenvalue weighted by atomic mass is 10.1. The number of ether oxygens (including phenoxy) is 2. The zero-order valence-electron chi connectivity index (χ0n) is 16.5. The minimum Gasteiger partial charge on any atom is -0.494 e. The van der Waals surface area contributed by atoms with Gasteiger partial charge in [-0.1, -0.05) is 12.1 Å². The van der Waals surface area contributed by atoms with Gasteiger partial charge in [-0.2, -0.15) is 5.10 Å². The van der Waals surface area contributed by atoms with Crippen molar-refractivity contribution in [3.8, 4) is 5.75 Å². The normalized spacial score (nSPS) is 15.3. The lowest BCUT2D eigenvalue weighted by molar-refractivity contribution is 0.0342. The zero-order valence-corrected chi connectivity index (χ0v) is 16.5. The van der Waals surface area contributed by atoms with Crippen LogP contribution in [0.2, 0.25) is 0 Å². The number of morpholine rings is 1. The van der Waals surface area contributed by atoms with Crippen molar-refractivity contribution in [2.24, 2.45) is 5.10 Å². The highest BCUT2D eigenvalue weighted by atomic mass is 16.5. The first kappa shape index (κ1) is 20.0.